The van der Waals surface area contributed by atoms with Gasteiger partial charge in [0.05, 0.1) is 5.69 Å². The Kier molecular flexibility index (Phi) is 2.74. The molecule has 1 aromatic carbocycles. The van der Waals surface area contributed by atoms with Gasteiger partial charge < -0.3 is 11.1 Å². The highest BCUT2D eigenvalue weighted by Crippen LogP contribution is 2.11. The molecule has 0 aliphatic carbocycles. The predicted octanol–water partition coefficient (Wildman–Crippen LogP) is 0.858. The van der Waals surface area contributed by atoms with Crippen LogP contribution in [0.2, 0.25) is 0 Å². The van der Waals surface area contributed by atoms with Gasteiger partial charge in [-0.3, -0.25) is 4.55 Å². The first-order valence-corrected chi connectivity index (χ1v) is 5.09. The Bertz CT molecular complexity index is 371. The molecular weight excluding hydrogens is 192 g/mol. The summed E-state index contributed by atoms with van der Waals surface area (Å²) in [7, 11) is -3.99. The molecule has 0 aliphatic heterocycles. The number of hydrogen-bond acceptors (Lipinski definition) is 3. The first-order chi connectivity index (χ1) is 5.97. The molecule has 0 saturated heterocycles. The minimum Gasteiger partial charge on any atom is -0.370 e. The Morgan fingerprint density at radius 3 is 2.31 bits per heavy atom. The van der Waals surface area contributed by atoms with Gasteiger partial charge in [0.25, 0.3) is 10.1 Å². The lowest BCUT2D eigenvalue weighted by Gasteiger charge is -2.03. The van der Waals surface area contributed by atoms with Gasteiger partial charge in [-0.25, -0.2) is 0 Å². The number of hydrogen-bond donors (Lipinski definition) is 2. The molecule has 3 N–H and O–H groups in total. The van der Waals surface area contributed by atoms with Crippen LogP contribution < -0.4 is 11.1 Å². The van der Waals surface area contributed by atoms with Crippen LogP contribution in [0.4, 0.5) is 11.4 Å². The third-order valence-corrected chi connectivity index (χ3v) is 1.85. The van der Waals surface area contributed by atoms with E-state index in [0.717, 1.165) is 0 Å². The molecule has 0 atom stereocenters. The highest BCUT2D eigenvalue weighted by atomic mass is 32.2. The summed E-state index contributed by atoms with van der Waals surface area (Å²) in [6.45, 7) is 0. The summed E-state index contributed by atoms with van der Waals surface area (Å²) in [5, 5.41) is 2.49. The van der Waals surface area contributed by atoms with Gasteiger partial charge in [0.2, 0.25) is 0 Å². The second-order valence-corrected chi connectivity index (χ2v) is 3.93. The summed E-state index contributed by atoms with van der Waals surface area (Å²) in [6, 6.07) is 6.17. The molecule has 0 spiro atoms. The van der Waals surface area contributed by atoms with Gasteiger partial charge in [-0.1, -0.05) is 0 Å². The third-order valence-electron chi connectivity index (χ3n) is 1.34. The molecule has 0 heterocycles. The zero-order valence-corrected chi connectivity index (χ0v) is 7.50. The third kappa shape index (κ3) is 3.77. The molecule has 0 fully saturated rings. The van der Waals surface area contributed by atoms with E-state index in [2.05, 4.69) is 5.32 Å². The Hall–Kier alpha value is -1.27. The zero-order valence-electron chi connectivity index (χ0n) is 6.69. The molecule has 13 heavy (non-hydrogen) atoms. The summed E-state index contributed by atoms with van der Waals surface area (Å²) >= 11 is 0. The first-order valence-electron chi connectivity index (χ1n) is 3.48. The van der Waals surface area contributed by atoms with Crippen molar-refractivity contribution >= 4 is 21.5 Å². The number of rotatable bonds is 3. The van der Waals surface area contributed by atoms with Gasteiger partial charge in [0, 0.05) is 5.69 Å². The fourth-order valence-electron chi connectivity index (χ4n) is 0.763. The lowest BCUT2D eigenvalue weighted by Crippen LogP contribution is -2.12. The number of nitrogens with one attached hydrogen (secondary N) is 2. The largest absolute Gasteiger partial charge is 0.370 e. The van der Waals surface area contributed by atoms with Crippen molar-refractivity contribution in [3.8, 4) is 0 Å². The molecule has 5 nitrogen and oxygen atoms in total. The minimum absolute atomic E-state index is 0.345. The Balaban J connectivity index is 2.61. The van der Waals surface area contributed by atoms with Crippen molar-refractivity contribution in [2.75, 3.05) is 11.2 Å². The monoisotopic (exact) mass is 201 g/mol. The molecule has 0 aromatic heterocycles. The van der Waals surface area contributed by atoms with Crippen molar-refractivity contribution in [1.82, 2.24) is 5.73 Å². The van der Waals surface area contributed by atoms with Crippen molar-refractivity contribution in [1.29, 1.82) is 0 Å². The maximum Gasteiger partial charge on any atom is 0.283 e. The molecular formula is C7H9N2O3S. The van der Waals surface area contributed by atoms with E-state index in [0.29, 0.717) is 11.4 Å². The van der Waals surface area contributed by atoms with Crippen molar-refractivity contribution in [2.45, 2.75) is 0 Å². The molecule has 6 heteroatoms. The van der Waals surface area contributed by atoms with Crippen LogP contribution in [0.3, 0.4) is 0 Å². The number of anilines is 1. The molecule has 1 radical (unpaired) electrons. The average molecular weight is 201 g/mol. The second kappa shape index (κ2) is 3.63. The van der Waals surface area contributed by atoms with E-state index in [1.54, 1.807) is 12.1 Å². The Morgan fingerprint density at radius 2 is 1.85 bits per heavy atom. The van der Waals surface area contributed by atoms with Gasteiger partial charge in [-0.15, -0.1) is 0 Å². The van der Waals surface area contributed by atoms with Gasteiger partial charge in [0.15, 0.2) is 0 Å². The van der Waals surface area contributed by atoms with Gasteiger partial charge >= 0.3 is 0 Å². The van der Waals surface area contributed by atoms with Crippen LogP contribution in [0.1, 0.15) is 0 Å². The van der Waals surface area contributed by atoms with Crippen LogP contribution in [-0.4, -0.2) is 18.8 Å². The van der Waals surface area contributed by atoms with Crippen LogP contribution in [0.15, 0.2) is 24.3 Å². The second-order valence-electron chi connectivity index (χ2n) is 2.48. The van der Waals surface area contributed by atoms with Crippen molar-refractivity contribution in [3.63, 3.8) is 0 Å². The standard InChI is InChI=1S/C7H9N2O3S/c8-6-1-3-7(4-2-6)9-5-13(10,11)12/h1-4,8-9H,5H2,(H,10,11,12). The van der Waals surface area contributed by atoms with E-state index < -0.39 is 16.0 Å². The lowest BCUT2D eigenvalue weighted by atomic mass is 10.3. The van der Waals surface area contributed by atoms with Crippen molar-refractivity contribution in [3.05, 3.63) is 24.3 Å². The summed E-state index contributed by atoms with van der Waals surface area (Å²) in [5.74, 6) is -0.523. The molecule has 0 unspecified atom stereocenters. The molecule has 0 aliphatic rings. The smallest absolute Gasteiger partial charge is 0.283 e. The van der Waals surface area contributed by atoms with Gasteiger partial charge in [-0.2, -0.15) is 8.42 Å². The normalized spacial score (nSPS) is 11.2. The van der Waals surface area contributed by atoms with Crippen LogP contribution in [0.25, 0.3) is 0 Å². The summed E-state index contributed by atoms with van der Waals surface area (Å²) in [6.07, 6.45) is 0. The lowest BCUT2D eigenvalue weighted by molar-refractivity contribution is 0.485. The Morgan fingerprint density at radius 1 is 1.31 bits per heavy atom. The van der Waals surface area contributed by atoms with E-state index >= 15 is 0 Å². The quantitative estimate of drug-likeness (QED) is 0.709. The molecule has 1 aromatic rings. The van der Waals surface area contributed by atoms with Crippen LogP contribution in [-0.2, 0) is 10.1 Å². The van der Waals surface area contributed by atoms with Crippen LogP contribution in [0.5, 0.6) is 0 Å². The molecule has 0 bridgehead atoms. The van der Waals surface area contributed by atoms with E-state index in [1.807, 2.05) is 0 Å². The molecule has 1 rings (SSSR count). The van der Waals surface area contributed by atoms with E-state index in [9.17, 15) is 8.42 Å². The highest BCUT2D eigenvalue weighted by Gasteiger charge is 2.02. The van der Waals surface area contributed by atoms with E-state index in [1.165, 1.54) is 12.1 Å². The summed E-state index contributed by atoms with van der Waals surface area (Å²) in [5.41, 5.74) is 8.05. The van der Waals surface area contributed by atoms with Crippen LogP contribution in [0, 0.1) is 0 Å². The van der Waals surface area contributed by atoms with Crippen molar-refractivity contribution in [2.24, 2.45) is 0 Å². The molecule has 0 amide bonds. The summed E-state index contributed by atoms with van der Waals surface area (Å²) < 4.78 is 29.1. The zero-order chi connectivity index (χ0) is 9.90. The SMILES string of the molecule is [NH]c1ccc(NCS(=O)(=O)O)cc1. The fourth-order valence-corrected chi connectivity index (χ4v) is 1.11. The average Bonchev–Trinajstić information content (AvgIpc) is 2.02. The van der Waals surface area contributed by atoms with Gasteiger partial charge in [-0.05, 0) is 24.3 Å². The predicted molar refractivity (Wildman–Crippen MR) is 49.2 cm³/mol. The first kappa shape index (κ1) is 9.82. The summed E-state index contributed by atoms with van der Waals surface area (Å²) in [4.78, 5) is 0. The van der Waals surface area contributed by atoms with Gasteiger partial charge in [0.1, 0.15) is 5.88 Å². The number of benzene rings is 1. The maximum atomic E-state index is 10.3. The molecule has 71 valence electrons. The Labute approximate surface area is 76.3 Å². The van der Waals surface area contributed by atoms with Crippen LogP contribution >= 0.6 is 0 Å². The highest BCUT2D eigenvalue weighted by molar-refractivity contribution is 7.85. The topological polar surface area (TPSA) is 90.2 Å². The maximum absolute atomic E-state index is 10.3. The minimum atomic E-state index is -3.99. The van der Waals surface area contributed by atoms with E-state index in [-0.39, 0.29) is 0 Å². The van der Waals surface area contributed by atoms with Crippen molar-refractivity contribution < 1.29 is 13.0 Å². The molecule has 0 saturated carbocycles. The fraction of sp³-hybridized carbons (Fsp3) is 0.143. The van der Waals surface area contributed by atoms with E-state index in [4.69, 9.17) is 10.3 Å².